The molecule has 19 heavy (non-hydrogen) atoms. The zero-order chi connectivity index (χ0) is 14.6. The van der Waals surface area contributed by atoms with Gasteiger partial charge in [0.1, 0.15) is 5.75 Å². The van der Waals surface area contributed by atoms with E-state index in [2.05, 4.69) is 0 Å². The number of amides is 1. The van der Waals surface area contributed by atoms with Crippen LogP contribution in [-0.2, 0) is 21.2 Å². The highest BCUT2D eigenvalue weighted by atomic mass is 32.2. The third-order valence-corrected chi connectivity index (χ3v) is 4.32. The molecule has 0 fully saturated rings. The van der Waals surface area contributed by atoms with Crippen molar-refractivity contribution in [1.82, 2.24) is 4.72 Å². The van der Waals surface area contributed by atoms with E-state index in [1.165, 1.54) is 26.0 Å². The van der Waals surface area contributed by atoms with Crippen molar-refractivity contribution in [3.8, 4) is 5.75 Å². The van der Waals surface area contributed by atoms with Crippen LogP contribution in [0, 0.1) is 0 Å². The van der Waals surface area contributed by atoms with Crippen molar-refractivity contribution in [3.63, 3.8) is 0 Å². The van der Waals surface area contributed by atoms with Gasteiger partial charge in [-0.25, -0.2) is 8.42 Å². The number of nitrogens with two attached hydrogens (primary N) is 1. The summed E-state index contributed by atoms with van der Waals surface area (Å²) in [7, 11) is -3.66. The van der Waals surface area contributed by atoms with Crippen LogP contribution < -0.4 is 10.5 Å². The smallest absolute Gasteiger partial charge is 0.250 e. The van der Waals surface area contributed by atoms with Gasteiger partial charge in [0, 0.05) is 0 Å². The van der Waals surface area contributed by atoms with Crippen LogP contribution in [0.2, 0.25) is 0 Å². The SMILES string of the molecule is CC(C)S(=O)(=O)NC(=O)[C@@H](N)Cc1ccc(O)cc1. The van der Waals surface area contributed by atoms with E-state index < -0.39 is 27.2 Å². The minimum atomic E-state index is -3.66. The molecule has 0 saturated heterocycles. The Labute approximate surface area is 112 Å². The van der Waals surface area contributed by atoms with Gasteiger partial charge in [0.25, 0.3) is 5.91 Å². The molecule has 1 aromatic carbocycles. The molecule has 0 heterocycles. The Morgan fingerprint density at radius 3 is 2.32 bits per heavy atom. The van der Waals surface area contributed by atoms with E-state index in [9.17, 15) is 13.2 Å². The van der Waals surface area contributed by atoms with Crippen LogP contribution in [0.5, 0.6) is 5.75 Å². The lowest BCUT2D eigenvalue weighted by Gasteiger charge is -2.14. The number of hydrogen-bond donors (Lipinski definition) is 3. The van der Waals surface area contributed by atoms with E-state index in [4.69, 9.17) is 10.8 Å². The topological polar surface area (TPSA) is 109 Å². The Kier molecular flexibility index (Phi) is 4.90. The number of phenols is 1. The van der Waals surface area contributed by atoms with Crippen molar-refractivity contribution in [1.29, 1.82) is 0 Å². The first kappa shape index (κ1) is 15.5. The second-order valence-electron chi connectivity index (χ2n) is 4.54. The van der Waals surface area contributed by atoms with Gasteiger partial charge in [-0.3, -0.25) is 9.52 Å². The first-order chi connectivity index (χ1) is 8.72. The van der Waals surface area contributed by atoms with Crippen molar-refractivity contribution in [2.24, 2.45) is 5.73 Å². The molecule has 0 spiro atoms. The summed E-state index contributed by atoms with van der Waals surface area (Å²) in [6.07, 6.45) is 0.194. The second-order valence-corrected chi connectivity index (χ2v) is 6.77. The summed E-state index contributed by atoms with van der Waals surface area (Å²) in [5.41, 5.74) is 6.39. The van der Waals surface area contributed by atoms with Crippen molar-refractivity contribution < 1.29 is 18.3 Å². The number of carbonyl (C=O) groups excluding carboxylic acids is 1. The Hall–Kier alpha value is -1.60. The van der Waals surface area contributed by atoms with Crippen LogP contribution in [-0.4, -0.2) is 30.7 Å². The predicted octanol–water partition coefficient (Wildman–Crippen LogP) is 0.116. The van der Waals surface area contributed by atoms with Gasteiger partial charge in [0.05, 0.1) is 11.3 Å². The number of benzene rings is 1. The summed E-state index contributed by atoms with van der Waals surface area (Å²) in [6, 6.07) is 5.24. The third kappa shape index (κ3) is 4.53. The minimum absolute atomic E-state index is 0.115. The van der Waals surface area contributed by atoms with E-state index >= 15 is 0 Å². The van der Waals surface area contributed by atoms with Gasteiger partial charge in [-0.2, -0.15) is 0 Å². The Morgan fingerprint density at radius 1 is 1.32 bits per heavy atom. The van der Waals surface area contributed by atoms with Crippen molar-refractivity contribution in [2.45, 2.75) is 31.6 Å². The van der Waals surface area contributed by atoms with Crippen LogP contribution >= 0.6 is 0 Å². The molecule has 0 aliphatic heterocycles. The van der Waals surface area contributed by atoms with Gasteiger partial charge < -0.3 is 10.8 Å². The number of rotatable bonds is 5. The number of aromatic hydroxyl groups is 1. The monoisotopic (exact) mass is 286 g/mol. The van der Waals surface area contributed by atoms with E-state index in [0.717, 1.165) is 5.56 Å². The van der Waals surface area contributed by atoms with Gasteiger partial charge in [0.2, 0.25) is 10.0 Å². The lowest BCUT2D eigenvalue weighted by atomic mass is 10.1. The number of phenolic OH excluding ortho intramolecular Hbond substituents is 1. The average Bonchev–Trinajstić information content (AvgIpc) is 2.31. The number of sulfonamides is 1. The summed E-state index contributed by atoms with van der Waals surface area (Å²) < 4.78 is 25.0. The first-order valence-corrected chi connectivity index (χ1v) is 7.36. The van der Waals surface area contributed by atoms with Gasteiger partial charge in [-0.05, 0) is 38.0 Å². The molecule has 0 aliphatic carbocycles. The Bertz CT molecular complexity index is 537. The van der Waals surface area contributed by atoms with Crippen LogP contribution in [0.25, 0.3) is 0 Å². The van der Waals surface area contributed by atoms with Crippen molar-refractivity contribution in [3.05, 3.63) is 29.8 Å². The van der Waals surface area contributed by atoms with Crippen LogP contribution in [0.1, 0.15) is 19.4 Å². The van der Waals surface area contributed by atoms with Gasteiger partial charge in [-0.15, -0.1) is 0 Å². The molecule has 0 radical (unpaired) electrons. The Morgan fingerprint density at radius 2 is 1.84 bits per heavy atom. The molecule has 106 valence electrons. The van der Waals surface area contributed by atoms with Crippen LogP contribution in [0.15, 0.2) is 24.3 Å². The van der Waals surface area contributed by atoms with E-state index in [1.807, 2.05) is 4.72 Å². The minimum Gasteiger partial charge on any atom is -0.508 e. The fourth-order valence-electron chi connectivity index (χ4n) is 1.31. The lowest BCUT2D eigenvalue weighted by Crippen LogP contribution is -2.46. The molecular weight excluding hydrogens is 268 g/mol. The largest absolute Gasteiger partial charge is 0.508 e. The normalized spacial score (nSPS) is 13.3. The molecule has 4 N–H and O–H groups in total. The fraction of sp³-hybridized carbons (Fsp3) is 0.417. The van der Waals surface area contributed by atoms with E-state index in [1.54, 1.807) is 12.1 Å². The maximum Gasteiger partial charge on any atom is 0.250 e. The van der Waals surface area contributed by atoms with Gasteiger partial charge in [-0.1, -0.05) is 12.1 Å². The summed E-state index contributed by atoms with van der Waals surface area (Å²) in [5.74, 6) is -0.620. The number of nitrogens with one attached hydrogen (secondary N) is 1. The van der Waals surface area contributed by atoms with Crippen molar-refractivity contribution in [2.75, 3.05) is 0 Å². The standard InChI is InChI=1S/C12H18N2O4S/c1-8(2)19(17,18)14-12(16)11(13)7-9-3-5-10(15)6-4-9/h3-6,8,11,15H,7,13H2,1-2H3,(H,14,16)/t11-/m0/s1. The fourth-order valence-corrected chi connectivity index (χ4v) is 1.98. The summed E-state index contributed by atoms with van der Waals surface area (Å²) in [5, 5.41) is 8.43. The van der Waals surface area contributed by atoms with Crippen LogP contribution in [0.3, 0.4) is 0 Å². The third-order valence-electron chi connectivity index (χ3n) is 2.59. The summed E-state index contributed by atoms with van der Waals surface area (Å²) in [6.45, 7) is 2.95. The molecule has 0 bridgehead atoms. The zero-order valence-corrected chi connectivity index (χ0v) is 11.6. The van der Waals surface area contributed by atoms with E-state index in [0.29, 0.717) is 0 Å². The summed E-state index contributed by atoms with van der Waals surface area (Å²) >= 11 is 0. The molecule has 0 aliphatic rings. The molecule has 1 atom stereocenters. The second kappa shape index (κ2) is 6.03. The maximum absolute atomic E-state index is 11.7. The van der Waals surface area contributed by atoms with Crippen molar-refractivity contribution >= 4 is 15.9 Å². The highest BCUT2D eigenvalue weighted by Gasteiger charge is 2.23. The molecule has 1 aromatic rings. The number of carbonyl (C=O) groups is 1. The average molecular weight is 286 g/mol. The molecule has 1 amide bonds. The summed E-state index contributed by atoms with van der Waals surface area (Å²) in [4.78, 5) is 11.7. The highest BCUT2D eigenvalue weighted by molar-refractivity contribution is 7.90. The highest BCUT2D eigenvalue weighted by Crippen LogP contribution is 2.11. The molecule has 1 rings (SSSR count). The molecular formula is C12H18N2O4S. The number of hydrogen-bond acceptors (Lipinski definition) is 5. The molecule has 6 nitrogen and oxygen atoms in total. The van der Waals surface area contributed by atoms with Gasteiger partial charge >= 0.3 is 0 Å². The molecule has 0 saturated carbocycles. The predicted molar refractivity (Wildman–Crippen MR) is 72.0 cm³/mol. The lowest BCUT2D eigenvalue weighted by molar-refractivity contribution is -0.120. The Balaban J connectivity index is 2.66. The molecule has 0 unspecified atom stereocenters. The maximum atomic E-state index is 11.7. The molecule has 0 aromatic heterocycles. The first-order valence-electron chi connectivity index (χ1n) is 5.81. The van der Waals surface area contributed by atoms with Gasteiger partial charge in [0.15, 0.2) is 0 Å². The van der Waals surface area contributed by atoms with Crippen LogP contribution in [0.4, 0.5) is 0 Å². The quantitative estimate of drug-likeness (QED) is 0.712. The zero-order valence-electron chi connectivity index (χ0n) is 10.8. The molecule has 7 heteroatoms. The van der Waals surface area contributed by atoms with E-state index in [-0.39, 0.29) is 12.2 Å².